The van der Waals surface area contributed by atoms with Crippen molar-refractivity contribution in [3.05, 3.63) is 0 Å². The standard InChI is InChI=1S/C29H44O5/c1-16-8-11-29(32-15-16)17(2)26-24(34-29)13-23-21-7-6-19-12-20(33-18(3)30)9-10-27(19,4)22(21)14-25(31)28(23,26)5/h16-17,19-24,26H,6-15H2,1-5H3/t16?,17?,19?,20?,21?,22?,23?,24?,26?,27?,28-,29?/m1/s1. The fraction of sp³-hybridized carbons (Fsp3) is 0.931. The van der Waals surface area contributed by atoms with E-state index >= 15 is 0 Å². The summed E-state index contributed by atoms with van der Waals surface area (Å²) < 4.78 is 18.8. The first-order valence-electron chi connectivity index (χ1n) is 14.1. The van der Waals surface area contributed by atoms with Gasteiger partial charge in [-0.25, -0.2) is 0 Å². The number of rotatable bonds is 1. The number of Topliss-reactive ketones (excluding diaryl/α,β-unsaturated/α-hetero) is 1. The third-order valence-electron chi connectivity index (χ3n) is 12.1. The van der Waals surface area contributed by atoms with Crippen molar-refractivity contribution < 1.29 is 23.8 Å². The molecule has 2 saturated heterocycles. The fourth-order valence-corrected chi connectivity index (χ4v) is 10.3. The van der Waals surface area contributed by atoms with E-state index in [1.807, 2.05) is 0 Å². The summed E-state index contributed by atoms with van der Waals surface area (Å²) in [5.41, 5.74) is -0.0934. The Balaban J connectivity index is 1.25. The first-order valence-corrected chi connectivity index (χ1v) is 14.1. The summed E-state index contributed by atoms with van der Waals surface area (Å²) in [5.74, 6) is 3.07. The zero-order valence-corrected chi connectivity index (χ0v) is 21.8. The summed E-state index contributed by atoms with van der Waals surface area (Å²) in [6, 6.07) is 0. The summed E-state index contributed by atoms with van der Waals surface area (Å²) in [6.45, 7) is 11.6. The lowest BCUT2D eigenvalue weighted by Gasteiger charge is -2.60. The number of carbonyl (C=O) groups is 2. The Morgan fingerprint density at radius 1 is 1.03 bits per heavy atom. The average Bonchev–Trinajstić information content (AvgIpc) is 3.23. The number of hydrogen-bond acceptors (Lipinski definition) is 5. The van der Waals surface area contributed by atoms with E-state index in [2.05, 4.69) is 27.7 Å². The molecule has 0 amide bonds. The monoisotopic (exact) mass is 472 g/mol. The van der Waals surface area contributed by atoms with Gasteiger partial charge in [-0.3, -0.25) is 9.59 Å². The van der Waals surface area contributed by atoms with E-state index in [0.29, 0.717) is 35.4 Å². The van der Waals surface area contributed by atoms with Crippen LogP contribution in [0.3, 0.4) is 0 Å². The number of fused-ring (bicyclic) bond motifs is 7. The number of ketones is 1. The molecule has 6 rings (SSSR count). The van der Waals surface area contributed by atoms with Crippen LogP contribution in [-0.4, -0.2) is 36.4 Å². The molecule has 12 atom stereocenters. The van der Waals surface area contributed by atoms with Crippen molar-refractivity contribution in [1.82, 2.24) is 0 Å². The fourth-order valence-electron chi connectivity index (χ4n) is 10.3. The second kappa shape index (κ2) is 7.78. The molecule has 0 N–H and O–H groups in total. The average molecular weight is 473 g/mol. The van der Waals surface area contributed by atoms with Crippen LogP contribution in [0.25, 0.3) is 0 Å². The molecule has 0 aromatic rings. The maximum atomic E-state index is 14.1. The summed E-state index contributed by atoms with van der Waals surface area (Å²) >= 11 is 0. The molecule has 6 fully saturated rings. The van der Waals surface area contributed by atoms with Crippen LogP contribution >= 0.6 is 0 Å². The van der Waals surface area contributed by atoms with Gasteiger partial charge in [-0.05, 0) is 80.0 Å². The third kappa shape index (κ3) is 3.11. The van der Waals surface area contributed by atoms with E-state index in [1.165, 1.54) is 19.8 Å². The van der Waals surface area contributed by atoms with Gasteiger partial charge in [-0.15, -0.1) is 0 Å². The van der Waals surface area contributed by atoms with Crippen LogP contribution in [-0.2, 0) is 23.8 Å². The maximum absolute atomic E-state index is 14.1. The molecule has 5 heteroatoms. The van der Waals surface area contributed by atoms with Crippen LogP contribution < -0.4 is 0 Å². The highest BCUT2D eigenvalue weighted by Crippen LogP contribution is 2.70. The van der Waals surface area contributed by atoms with Gasteiger partial charge in [0, 0.05) is 37.0 Å². The lowest BCUT2D eigenvalue weighted by molar-refractivity contribution is -0.272. The molecule has 5 nitrogen and oxygen atoms in total. The zero-order chi connectivity index (χ0) is 24.0. The Morgan fingerprint density at radius 3 is 2.53 bits per heavy atom. The highest BCUT2D eigenvalue weighted by atomic mass is 16.7. The van der Waals surface area contributed by atoms with Crippen molar-refractivity contribution >= 4 is 11.8 Å². The minimum Gasteiger partial charge on any atom is -0.463 e. The van der Waals surface area contributed by atoms with Gasteiger partial charge < -0.3 is 14.2 Å². The van der Waals surface area contributed by atoms with E-state index in [-0.39, 0.29) is 40.8 Å². The minimum absolute atomic E-state index is 0.0613. The lowest BCUT2D eigenvalue weighted by Crippen LogP contribution is -2.58. The van der Waals surface area contributed by atoms with Gasteiger partial charge in [-0.1, -0.05) is 27.7 Å². The topological polar surface area (TPSA) is 61.8 Å². The van der Waals surface area contributed by atoms with Crippen LogP contribution in [0.4, 0.5) is 0 Å². The highest BCUT2D eigenvalue weighted by Gasteiger charge is 2.71. The van der Waals surface area contributed by atoms with Crippen molar-refractivity contribution in [1.29, 1.82) is 0 Å². The Labute approximate surface area is 205 Å². The Bertz CT molecular complexity index is 861. The molecule has 4 aliphatic carbocycles. The second-order valence-corrected chi connectivity index (χ2v) is 13.5. The molecule has 4 saturated carbocycles. The van der Waals surface area contributed by atoms with Gasteiger partial charge in [-0.2, -0.15) is 0 Å². The Morgan fingerprint density at radius 2 is 1.82 bits per heavy atom. The smallest absolute Gasteiger partial charge is 0.302 e. The SMILES string of the molecule is CC(=O)OC1CCC2(C)C(CCC3C2CC(=O)[C@@]2(C)C3CC3OC4(CCC(C)CO4)C(C)C32)C1. The second-order valence-electron chi connectivity index (χ2n) is 13.5. The predicted molar refractivity (Wildman–Crippen MR) is 128 cm³/mol. The molecule has 34 heavy (non-hydrogen) atoms. The number of carbonyl (C=O) groups excluding carboxylic acids is 2. The van der Waals surface area contributed by atoms with Crippen molar-refractivity contribution in [2.75, 3.05) is 6.61 Å². The summed E-state index contributed by atoms with van der Waals surface area (Å²) in [6.07, 6.45) is 9.47. The van der Waals surface area contributed by atoms with Gasteiger partial charge in [0.2, 0.25) is 0 Å². The van der Waals surface area contributed by atoms with Crippen molar-refractivity contribution in [2.45, 2.75) is 110 Å². The summed E-state index contributed by atoms with van der Waals surface area (Å²) in [5, 5.41) is 0. The molecule has 0 radical (unpaired) electrons. The molecule has 190 valence electrons. The Hall–Kier alpha value is -0.940. The Kier molecular flexibility index (Phi) is 5.37. The normalized spacial score (nSPS) is 56.4. The first-order chi connectivity index (χ1) is 16.1. The molecular formula is C29H44O5. The summed E-state index contributed by atoms with van der Waals surface area (Å²) in [7, 11) is 0. The van der Waals surface area contributed by atoms with Crippen molar-refractivity contribution in [3.8, 4) is 0 Å². The summed E-state index contributed by atoms with van der Waals surface area (Å²) in [4.78, 5) is 25.7. The highest BCUT2D eigenvalue weighted by molar-refractivity contribution is 5.87. The lowest BCUT2D eigenvalue weighted by atomic mass is 9.44. The van der Waals surface area contributed by atoms with E-state index < -0.39 is 5.79 Å². The third-order valence-corrected chi connectivity index (χ3v) is 12.1. The van der Waals surface area contributed by atoms with Crippen molar-refractivity contribution in [2.24, 2.45) is 52.3 Å². The first kappa shape index (κ1) is 23.5. The molecule has 2 heterocycles. The molecule has 1 spiro atoms. The van der Waals surface area contributed by atoms with Gasteiger partial charge in [0.1, 0.15) is 11.9 Å². The van der Waals surface area contributed by atoms with E-state index in [1.54, 1.807) is 0 Å². The number of esters is 1. The minimum atomic E-state index is -0.467. The van der Waals surface area contributed by atoms with Crippen LogP contribution in [0.15, 0.2) is 0 Å². The molecule has 6 aliphatic rings. The molecular weight excluding hydrogens is 428 g/mol. The molecule has 2 aliphatic heterocycles. The maximum Gasteiger partial charge on any atom is 0.302 e. The van der Waals surface area contributed by atoms with Gasteiger partial charge in [0.15, 0.2) is 5.79 Å². The van der Waals surface area contributed by atoms with Crippen LogP contribution in [0.1, 0.15) is 92.4 Å². The molecule has 0 aromatic carbocycles. The van der Waals surface area contributed by atoms with E-state index in [9.17, 15) is 9.59 Å². The van der Waals surface area contributed by atoms with E-state index in [0.717, 1.165) is 51.6 Å². The van der Waals surface area contributed by atoms with Gasteiger partial charge in [0.05, 0.1) is 12.7 Å². The largest absolute Gasteiger partial charge is 0.463 e. The van der Waals surface area contributed by atoms with Crippen LogP contribution in [0.2, 0.25) is 0 Å². The van der Waals surface area contributed by atoms with Gasteiger partial charge >= 0.3 is 5.97 Å². The molecule has 11 unspecified atom stereocenters. The van der Waals surface area contributed by atoms with Gasteiger partial charge in [0.25, 0.3) is 0 Å². The quantitative estimate of drug-likeness (QED) is 0.469. The number of ether oxygens (including phenoxy) is 3. The predicted octanol–water partition coefficient (Wildman–Crippen LogP) is 5.54. The van der Waals surface area contributed by atoms with Crippen molar-refractivity contribution in [3.63, 3.8) is 0 Å². The number of hydrogen-bond donors (Lipinski definition) is 0. The van der Waals surface area contributed by atoms with Crippen LogP contribution in [0, 0.1) is 52.3 Å². The zero-order valence-electron chi connectivity index (χ0n) is 21.8. The van der Waals surface area contributed by atoms with E-state index in [4.69, 9.17) is 14.2 Å². The van der Waals surface area contributed by atoms with Crippen LogP contribution in [0.5, 0.6) is 0 Å². The molecule has 0 bridgehead atoms. The molecule has 0 aromatic heterocycles.